The highest BCUT2D eigenvalue weighted by atomic mass is 15.1. The molecule has 0 unspecified atom stereocenters. The molecule has 0 amide bonds. The van der Waals surface area contributed by atoms with Crippen molar-refractivity contribution < 1.29 is 0 Å². The molecule has 1 aliphatic carbocycles. The van der Waals surface area contributed by atoms with Crippen molar-refractivity contribution in [2.75, 3.05) is 25.0 Å². The molecule has 2 nitrogen and oxygen atoms in total. The minimum atomic E-state index is 0.573. The average Bonchev–Trinajstić information content (AvgIpc) is 2.75. The van der Waals surface area contributed by atoms with Crippen LogP contribution in [-0.2, 0) is 12.8 Å². The zero-order valence-corrected chi connectivity index (χ0v) is 11.3. The number of hydrogen-bond acceptors (Lipinski definition) is 2. The summed E-state index contributed by atoms with van der Waals surface area (Å²) in [5, 5.41) is 3.46. The number of rotatable bonds is 5. The second kappa shape index (κ2) is 5.54. The van der Waals surface area contributed by atoms with Gasteiger partial charge in [-0.15, -0.1) is 0 Å². The molecule has 1 aromatic rings. The lowest BCUT2D eigenvalue weighted by Crippen LogP contribution is -2.32. The number of benzene rings is 1. The Morgan fingerprint density at radius 1 is 1.24 bits per heavy atom. The van der Waals surface area contributed by atoms with Crippen LogP contribution in [0.1, 0.15) is 31.4 Å². The van der Waals surface area contributed by atoms with Gasteiger partial charge >= 0.3 is 0 Å². The molecule has 0 atom stereocenters. The molecule has 0 spiro atoms. The van der Waals surface area contributed by atoms with Crippen LogP contribution in [0.2, 0.25) is 0 Å². The standard InChI is InChI=1S/C15H24N2/c1-12(2)16-9-10-17(3)15-8-7-13-5-4-6-14(13)11-15/h7-8,11-12,16H,4-6,9-10H2,1-3H3. The van der Waals surface area contributed by atoms with Crippen LogP contribution in [-0.4, -0.2) is 26.2 Å². The Balaban J connectivity index is 1.92. The second-order valence-electron chi connectivity index (χ2n) is 5.34. The number of likely N-dealkylation sites (N-methyl/N-ethyl adjacent to an activating group) is 1. The summed E-state index contributed by atoms with van der Waals surface area (Å²) in [6.45, 7) is 6.49. The van der Waals surface area contributed by atoms with E-state index in [1.165, 1.54) is 24.9 Å². The molecule has 0 radical (unpaired) electrons. The van der Waals surface area contributed by atoms with Crippen molar-refractivity contribution >= 4 is 5.69 Å². The van der Waals surface area contributed by atoms with Crippen LogP contribution in [0.15, 0.2) is 18.2 Å². The van der Waals surface area contributed by atoms with Crippen LogP contribution in [0.3, 0.4) is 0 Å². The minimum absolute atomic E-state index is 0.573. The maximum absolute atomic E-state index is 3.46. The van der Waals surface area contributed by atoms with Crippen LogP contribution in [0.5, 0.6) is 0 Å². The van der Waals surface area contributed by atoms with Crippen LogP contribution in [0, 0.1) is 0 Å². The van der Waals surface area contributed by atoms with Gasteiger partial charge in [-0.2, -0.15) is 0 Å². The maximum Gasteiger partial charge on any atom is 0.0366 e. The molecule has 2 rings (SSSR count). The summed E-state index contributed by atoms with van der Waals surface area (Å²) in [5.41, 5.74) is 4.48. The predicted molar refractivity (Wildman–Crippen MR) is 74.9 cm³/mol. The Labute approximate surface area is 105 Å². The van der Waals surface area contributed by atoms with E-state index >= 15 is 0 Å². The summed E-state index contributed by atoms with van der Waals surface area (Å²) in [4.78, 5) is 2.34. The lowest BCUT2D eigenvalue weighted by Gasteiger charge is -2.21. The van der Waals surface area contributed by atoms with Crippen molar-refractivity contribution in [2.24, 2.45) is 0 Å². The molecule has 17 heavy (non-hydrogen) atoms. The Hall–Kier alpha value is -1.02. The first-order valence-corrected chi connectivity index (χ1v) is 6.73. The van der Waals surface area contributed by atoms with Gasteiger partial charge in [-0.05, 0) is 42.5 Å². The first-order chi connectivity index (χ1) is 8.16. The van der Waals surface area contributed by atoms with Crippen molar-refractivity contribution in [3.05, 3.63) is 29.3 Å². The largest absolute Gasteiger partial charge is 0.373 e. The lowest BCUT2D eigenvalue weighted by atomic mass is 10.1. The molecular weight excluding hydrogens is 208 g/mol. The molecule has 0 saturated heterocycles. The second-order valence-corrected chi connectivity index (χ2v) is 5.34. The van der Waals surface area contributed by atoms with E-state index in [0.717, 1.165) is 13.1 Å². The van der Waals surface area contributed by atoms with Crippen LogP contribution in [0.4, 0.5) is 5.69 Å². The molecule has 0 heterocycles. The third kappa shape index (κ3) is 3.22. The zero-order chi connectivity index (χ0) is 12.3. The van der Waals surface area contributed by atoms with Gasteiger partial charge in [0.25, 0.3) is 0 Å². The highest BCUT2D eigenvalue weighted by Gasteiger charge is 2.11. The Kier molecular flexibility index (Phi) is 4.06. The molecule has 94 valence electrons. The number of nitrogens with zero attached hydrogens (tertiary/aromatic N) is 1. The summed E-state index contributed by atoms with van der Waals surface area (Å²) in [7, 11) is 2.18. The number of fused-ring (bicyclic) bond motifs is 1. The number of hydrogen-bond donors (Lipinski definition) is 1. The van der Waals surface area contributed by atoms with E-state index in [1.54, 1.807) is 11.1 Å². The van der Waals surface area contributed by atoms with E-state index in [1.807, 2.05) is 0 Å². The van der Waals surface area contributed by atoms with Gasteiger partial charge in [0.1, 0.15) is 0 Å². The van der Waals surface area contributed by atoms with Crippen molar-refractivity contribution in [1.29, 1.82) is 0 Å². The molecule has 0 saturated carbocycles. The van der Waals surface area contributed by atoms with E-state index in [4.69, 9.17) is 0 Å². The van der Waals surface area contributed by atoms with Gasteiger partial charge in [-0.1, -0.05) is 19.9 Å². The van der Waals surface area contributed by atoms with Gasteiger partial charge in [-0.25, -0.2) is 0 Å². The van der Waals surface area contributed by atoms with Crippen LogP contribution in [0.25, 0.3) is 0 Å². The molecule has 1 aromatic carbocycles. The maximum atomic E-state index is 3.46. The Bertz CT molecular complexity index is 371. The first-order valence-electron chi connectivity index (χ1n) is 6.73. The third-order valence-corrected chi connectivity index (χ3v) is 3.52. The van der Waals surface area contributed by atoms with Gasteiger partial charge < -0.3 is 10.2 Å². The van der Waals surface area contributed by atoms with E-state index in [-0.39, 0.29) is 0 Å². The number of aryl methyl sites for hydroxylation is 2. The van der Waals surface area contributed by atoms with Gasteiger partial charge in [0.05, 0.1) is 0 Å². The topological polar surface area (TPSA) is 15.3 Å². The van der Waals surface area contributed by atoms with Gasteiger partial charge in [0.15, 0.2) is 0 Å². The van der Waals surface area contributed by atoms with E-state index in [9.17, 15) is 0 Å². The molecule has 0 fully saturated rings. The molecule has 1 N–H and O–H groups in total. The lowest BCUT2D eigenvalue weighted by molar-refractivity contribution is 0.589. The van der Waals surface area contributed by atoms with Gasteiger partial charge in [0.2, 0.25) is 0 Å². The summed E-state index contributed by atoms with van der Waals surface area (Å²) in [6.07, 6.45) is 3.87. The quantitative estimate of drug-likeness (QED) is 0.839. The van der Waals surface area contributed by atoms with Gasteiger partial charge in [-0.3, -0.25) is 0 Å². The van der Waals surface area contributed by atoms with Crippen molar-refractivity contribution in [3.63, 3.8) is 0 Å². The fraction of sp³-hybridized carbons (Fsp3) is 0.600. The molecule has 0 bridgehead atoms. The van der Waals surface area contributed by atoms with Crippen molar-refractivity contribution in [1.82, 2.24) is 5.32 Å². The molecule has 0 aliphatic heterocycles. The molecule has 1 aliphatic rings. The number of nitrogens with one attached hydrogen (secondary N) is 1. The third-order valence-electron chi connectivity index (χ3n) is 3.52. The average molecular weight is 232 g/mol. The molecule has 2 heteroatoms. The fourth-order valence-corrected chi connectivity index (χ4v) is 2.45. The summed E-state index contributed by atoms with van der Waals surface area (Å²) in [6, 6.07) is 7.52. The Morgan fingerprint density at radius 2 is 2.00 bits per heavy atom. The van der Waals surface area contributed by atoms with E-state index < -0.39 is 0 Å². The molecule has 0 aromatic heterocycles. The van der Waals surface area contributed by atoms with Crippen LogP contribution < -0.4 is 10.2 Å². The highest BCUT2D eigenvalue weighted by molar-refractivity contribution is 5.51. The summed E-state index contributed by atoms with van der Waals surface area (Å²) < 4.78 is 0. The minimum Gasteiger partial charge on any atom is -0.373 e. The fourth-order valence-electron chi connectivity index (χ4n) is 2.45. The number of anilines is 1. The monoisotopic (exact) mass is 232 g/mol. The first kappa shape index (κ1) is 12.4. The van der Waals surface area contributed by atoms with Crippen molar-refractivity contribution in [3.8, 4) is 0 Å². The summed E-state index contributed by atoms with van der Waals surface area (Å²) in [5.74, 6) is 0. The Morgan fingerprint density at radius 3 is 2.76 bits per heavy atom. The smallest absolute Gasteiger partial charge is 0.0366 e. The normalized spacial score (nSPS) is 14.1. The van der Waals surface area contributed by atoms with Crippen LogP contribution >= 0.6 is 0 Å². The van der Waals surface area contributed by atoms with E-state index in [0.29, 0.717) is 6.04 Å². The SMILES string of the molecule is CC(C)NCCN(C)c1ccc2c(c1)CCC2. The van der Waals surface area contributed by atoms with Gasteiger partial charge in [0, 0.05) is 31.9 Å². The predicted octanol–water partition coefficient (Wildman–Crippen LogP) is 2.61. The van der Waals surface area contributed by atoms with E-state index in [2.05, 4.69) is 49.3 Å². The zero-order valence-electron chi connectivity index (χ0n) is 11.3. The summed E-state index contributed by atoms with van der Waals surface area (Å²) >= 11 is 0. The van der Waals surface area contributed by atoms with Crippen molar-refractivity contribution in [2.45, 2.75) is 39.2 Å². The molecular formula is C15H24N2. The highest BCUT2D eigenvalue weighted by Crippen LogP contribution is 2.26.